The summed E-state index contributed by atoms with van der Waals surface area (Å²) in [5.41, 5.74) is 2.11. The molecule has 1 aliphatic heterocycles. The molecule has 17 heavy (non-hydrogen) atoms. The second-order valence-electron chi connectivity index (χ2n) is 4.06. The van der Waals surface area contributed by atoms with Crippen molar-refractivity contribution in [3.05, 3.63) is 36.4 Å². The van der Waals surface area contributed by atoms with Gasteiger partial charge in [0.15, 0.2) is 0 Å². The van der Waals surface area contributed by atoms with Crippen molar-refractivity contribution in [1.29, 1.82) is 0 Å². The van der Waals surface area contributed by atoms with Gasteiger partial charge in [-0.25, -0.2) is 4.79 Å². The van der Waals surface area contributed by atoms with Crippen molar-refractivity contribution in [2.75, 3.05) is 13.2 Å². The van der Waals surface area contributed by atoms with Crippen LogP contribution in [0.1, 0.15) is 12.5 Å². The number of rotatable bonds is 4. The Labute approximate surface area is 100 Å². The zero-order valence-corrected chi connectivity index (χ0v) is 9.73. The van der Waals surface area contributed by atoms with E-state index >= 15 is 0 Å². The molecule has 1 aromatic carbocycles. The highest BCUT2D eigenvalue weighted by Crippen LogP contribution is 2.17. The lowest BCUT2D eigenvalue weighted by Crippen LogP contribution is -2.32. The highest BCUT2D eigenvalue weighted by molar-refractivity contribution is 5.69. The van der Waals surface area contributed by atoms with Crippen LogP contribution in [0, 0.1) is 0 Å². The Balaban J connectivity index is 1.87. The van der Waals surface area contributed by atoms with Gasteiger partial charge < -0.3 is 14.8 Å². The Morgan fingerprint density at radius 1 is 1.53 bits per heavy atom. The lowest BCUT2D eigenvalue weighted by Gasteiger charge is -2.10. The standard InChI is InChI=1S/C13H15NO3/c1-9(2)10-3-5-12(6-4-10)16-7-11-8-17-13(15)14-11/h3-6,11H,1,7-8H2,2H3,(H,14,15). The molecule has 1 fully saturated rings. The van der Waals surface area contributed by atoms with Crippen LogP contribution in [0.5, 0.6) is 5.75 Å². The van der Waals surface area contributed by atoms with E-state index in [0.717, 1.165) is 16.9 Å². The topological polar surface area (TPSA) is 47.6 Å². The zero-order chi connectivity index (χ0) is 12.3. The summed E-state index contributed by atoms with van der Waals surface area (Å²) in [6.45, 7) is 6.61. The molecule has 4 nitrogen and oxygen atoms in total. The quantitative estimate of drug-likeness (QED) is 0.867. The maximum atomic E-state index is 10.8. The normalized spacial score (nSPS) is 18.4. The molecular formula is C13H15NO3. The minimum absolute atomic E-state index is 0.0664. The molecule has 1 unspecified atom stereocenters. The van der Waals surface area contributed by atoms with E-state index in [1.165, 1.54) is 0 Å². The van der Waals surface area contributed by atoms with Gasteiger partial charge in [0, 0.05) is 0 Å². The third-order valence-corrected chi connectivity index (χ3v) is 2.54. The molecule has 1 aliphatic rings. The first-order chi connectivity index (χ1) is 8.15. The van der Waals surface area contributed by atoms with Crippen molar-refractivity contribution >= 4 is 11.7 Å². The fourth-order valence-electron chi connectivity index (χ4n) is 1.55. The summed E-state index contributed by atoms with van der Waals surface area (Å²) < 4.78 is 10.3. The SMILES string of the molecule is C=C(C)c1ccc(OCC2COC(=O)N2)cc1. The van der Waals surface area contributed by atoms with Gasteiger partial charge in [0.2, 0.25) is 0 Å². The van der Waals surface area contributed by atoms with Gasteiger partial charge in [0.05, 0.1) is 0 Å². The minimum atomic E-state index is -0.378. The van der Waals surface area contributed by atoms with Gasteiger partial charge in [-0.15, -0.1) is 0 Å². The molecule has 0 radical (unpaired) electrons. The Morgan fingerprint density at radius 2 is 2.24 bits per heavy atom. The molecule has 1 N–H and O–H groups in total. The Kier molecular flexibility index (Phi) is 3.32. The van der Waals surface area contributed by atoms with Crippen LogP contribution in [0.25, 0.3) is 5.57 Å². The number of ether oxygens (including phenoxy) is 2. The van der Waals surface area contributed by atoms with Crippen molar-refractivity contribution in [2.24, 2.45) is 0 Å². The van der Waals surface area contributed by atoms with Crippen LogP contribution in [0.2, 0.25) is 0 Å². The Morgan fingerprint density at radius 3 is 2.76 bits per heavy atom. The minimum Gasteiger partial charge on any atom is -0.491 e. The van der Waals surface area contributed by atoms with Crippen LogP contribution < -0.4 is 10.1 Å². The van der Waals surface area contributed by atoms with Gasteiger partial charge in [0.1, 0.15) is 25.0 Å². The summed E-state index contributed by atoms with van der Waals surface area (Å²) in [4.78, 5) is 10.8. The monoisotopic (exact) mass is 233 g/mol. The Hall–Kier alpha value is -1.97. The van der Waals surface area contributed by atoms with E-state index in [1.54, 1.807) is 0 Å². The van der Waals surface area contributed by atoms with E-state index in [9.17, 15) is 4.79 Å². The van der Waals surface area contributed by atoms with Crippen LogP contribution >= 0.6 is 0 Å². The smallest absolute Gasteiger partial charge is 0.407 e. The molecule has 4 heteroatoms. The summed E-state index contributed by atoms with van der Waals surface area (Å²) in [7, 11) is 0. The molecule has 1 saturated heterocycles. The molecule has 1 heterocycles. The predicted molar refractivity (Wildman–Crippen MR) is 64.9 cm³/mol. The lowest BCUT2D eigenvalue weighted by molar-refractivity contribution is 0.174. The number of alkyl carbamates (subject to hydrolysis) is 1. The third-order valence-electron chi connectivity index (χ3n) is 2.54. The van der Waals surface area contributed by atoms with Crippen molar-refractivity contribution < 1.29 is 14.3 Å². The number of benzene rings is 1. The van der Waals surface area contributed by atoms with Gasteiger partial charge in [0.25, 0.3) is 0 Å². The Bertz CT molecular complexity index is 425. The van der Waals surface area contributed by atoms with Gasteiger partial charge in [-0.2, -0.15) is 0 Å². The number of allylic oxidation sites excluding steroid dienone is 1. The van der Waals surface area contributed by atoms with E-state index in [4.69, 9.17) is 9.47 Å². The average Bonchev–Trinajstić information content (AvgIpc) is 2.73. The number of nitrogens with one attached hydrogen (secondary N) is 1. The van der Waals surface area contributed by atoms with Crippen molar-refractivity contribution in [2.45, 2.75) is 13.0 Å². The van der Waals surface area contributed by atoms with Gasteiger partial charge in [-0.3, -0.25) is 0 Å². The summed E-state index contributed by atoms with van der Waals surface area (Å²) in [5, 5.41) is 2.65. The molecule has 1 aromatic rings. The van der Waals surface area contributed by atoms with E-state index in [0.29, 0.717) is 13.2 Å². The number of cyclic esters (lactones) is 1. The number of amides is 1. The maximum absolute atomic E-state index is 10.8. The average molecular weight is 233 g/mol. The second-order valence-corrected chi connectivity index (χ2v) is 4.06. The van der Waals surface area contributed by atoms with Crippen LogP contribution in [0.3, 0.4) is 0 Å². The summed E-state index contributed by atoms with van der Waals surface area (Å²) in [6.07, 6.45) is -0.378. The van der Waals surface area contributed by atoms with E-state index in [1.807, 2.05) is 31.2 Å². The largest absolute Gasteiger partial charge is 0.491 e. The van der Waals surface area contributed by atoms with E-state index < -0.39 is 0 Å². The summed E-state index contributed by atoms with van der Waals surface area (Å²) in [6, 6.07) is 7.63. The molecule has 0 spiro atoms. The first-order valence-electron chi connectivity index (χ1n) is 5.47. The van der Waals surface area contributed by atoms with Gasteiger partial charge in [-0.1, -0.05) is 24.3 Å². The van der Waals surface area contributed by atoms with Crippen LogP contribution in [0.15, 0.2) is 30.8 Å². The second kappa shape index (κ2) is 4.91. The fraction of sp³-hybridized carbons (Fsp3) is 0.308. The van der Waals surface area contributed by atoms with Gasteiger partial charge in [-0.05, 0) is 24.6 Å². The summed E-state index contributed by atoms with van der Waals surface area (Å²) in [5.74, 6) is 0.774. The van der Waals surface area contributed by atoms with Crippen molar-refractivity contribution in [3.8, 4) is 5.75 Å². The number of carbonyl (C=O) groups excluding carboxylic acids is 1. The fourth-order valence-corrected chi connectivity index (χ4v) is 1.55. The molecule has 0 saturated carbocycles. The number of carbonyl (C=O) groups is 1. The molecule has 90 valence electrons. The molecule has 0 aromatic heterocycles. The number of hydrogen-bond acceptors (Lipinski definition) is 3. The predicted octanol–water partition coefficient (Wildman–Crippen LogP) is 2.21. The molecule has 1 atom stereocenters. The first kappa shape index (κ1) is 11.5. The maximum Gasteiger partial charge on any atom is 0.407 e. The molecule has 2 rings (SSSR count). The van der Waals surface area contributed by atoms with E-state index in [2.05, 4.69) is 11.9 Å². The van der Waals surface area contributed by atoms with Crippen LogP contribution in [0.4, 0.5) is 4.79 Å². The highest BCUT2D eigenvalue weighted by Gasteiger charge is 2.22. The van der Waals surface area contributed by atoms with E-state index in [-0.39, 0.29) is 12.1 Å². The lowest BCUT2D eigenvalue weighted by atomic mass is 10.1. The summed E-state index contributed by atoms with van der Waals surface area (Å²) >= 11 is 0. The van der Waals surface area contributed by atoms with Crippen LogP contribution in [-0.4, -0.2) is 25.3 Å². The van der Waals surface area contributed by atoms with Crippen molar-refractivity contribution in [1.82, 2.24) is 5.32 Å². The molecule has 0 bridgehead atoms. The van der Waals surface area contributed by atoms with Gasteiger partial charge >= 0.3 is 6.09 Å². The third kappa shape index (κ3) is 3.00. The highest BCUT2D eigenvalue weighted by atomic mass is 16.6. The molecule has 0 aliphatic carbocycles. The van der Waals surface area contributed by atoms with Crippen LogP contribution in [-0.2, 0) is 4.74 Å². The molecular weight excluding hydrogens is 218 g/mol. The number of hydrogen-bond donors (Lipinski definition) is 1. The first-order valence-corrected chi connectivity index (χ1v) is 5.47. The zero-order valence-electron chi connectivity index (χ0n) is 9.73. The molecule has 1 amide bonds. The van der Waals surface area contributed by atoms with Crippen molar-refractivity contribution in [3.63, 3.8) is 0 Å².